The fourth-order valence-corrected chi connectivity index (χ4v) is 1.65. The Hall–Kier alpha value is 0.120. The summed E-state index contributed by atoms with van der Waals surface area (Å²) in [5, 5.41) is 2.07. The van der Waals surface area contributed by atoms with E-state index in [0.717, 1.165) is 0 Å². The van der Waals surface area contributed by atoms with Gasteiger partial charge in [-0.25, -0.2) is 0 Å². The van der Waals surface area contributed by atoms with Crippen molar-refractivity contribution < 1.29 is 0 Å². The van der Waals surface area contributed by atoms with E-state index in [1.54, 1.807) is 0 Å². The van der Waals surface area contributed by atoms with E-state index in [-0.39, 0.29) is 0 Å². The van der Waals surface area contributed by atoms with Crippen LogP contribution >= 0.6 is 46.4 Å². The molecule has 0 spiro atoms. The summed E-state index contributed by atoms with van der Waals surface area (Å²) >= 11 is 23.1. The zero-order valence-corrected chi connectivity index (χ0v) is 8.95. The van der Waals surface area contributed by atoms with Crippen molar-refractivity contribution in [2.45, 2.75) is 0 Å². The molecule has 0 saturated carbocycles. The average molecular weight is 242 g/mol. The minimum absolute atomic E-state index is 0.302. The van der Waals surface area contributed by atoms with Crippen LogP contribution < -0.4 is 10.4 Å². The molecular formula is C8H4Cl4. The van der Waals surface area contributed by atoms with Crippen molar-refractivity contribution in [3.05, 3.63) is 30.5 Å². The van der Waals surface area contributed by atoms with Crippen LogP contribution in [0.25, 0.3) is 13.2 Å². The molecule has 1 rings (SSSR count). The van der Waals surface area contributed by atoms with Crippen molar-refractivity contribution >= 4 is 59.6 Å². The lowest BCUT2D eigenvalue weighted by Gasteiger charge is -2.02. The molecule has 0 radical (unpaired) electrons. The van der Waals surface area contributed by atoms with Gasteiger partial charge in [0, 0.05) is 10.4 Å². The molecule has 12 heavy (non-hydrogen) atoms. The van der Waals surface area contributed by atoms with E-state index < -0.39 is 0 Å². The van der Waals surface area contributed by atoms with Crippen LogP contribution in [0.2, 0.25) is 20.1 Å². The minimum Gasteiger partial charge on any atom is -0.0887 e. The lowest BCUT2D eigenvalue weighted by molar-refractivity contribution is 1.56. The summed E-state index contributed by atoms with van der Waals surface area (Å²) in [6.07, 6.45) is 0. The van der Waals surface area contributed by atoms with Crippen molar-refractivity contribution in [3.8, 4) is 0 Å². The van der Waals surface area contributed by atoms with Gasteiger partial charge in [-0.1, -0.05) is 59.6 Å². The van der Waals surface area contributed by atoms with Crippen LogP contribution in [0, 0.1) is 0 Å². The van der Waals surface area contributed by atoms with Crippen LogP contribution in [0.3, 0.4) is 0 Å². The van der Waals surface area contributed by atoms with Gasteiger partial charge in [-0.2, -0.15) is 0 Å². The van der Waals surface area contributed by atoms with Crippen molar-refractivity contribution in [2.75, 3.05) is 0 Å². The van der Waals surface area contributed by atoms with Gasteiger partial charge in [-0.15, -0.1) is 0 Å². The summed E-state index contributed by atoms with van der Waals surface area (Å²) in [6, 6.07) is 0. The van der Waals surface area contributed by atoms with Gasteiger partial charge in [-0.05, 0) is 0 Å². The summed E-state index contributed by atoms with van der Waals surface area (Å²) < 4.78 is 0. The Morgan fingerprint density at radius 1 is 0.583 bits per heavy atom. The Kier molecular flexibility index (Phi) is 2.95. The molecule has 0 fully saturated rings. The number of hydrogen-bond acceptors (Lipinski definition) is 0. The number of rotatable bonds is 0. The summed E-state index contributed by atoms with van der Waals surface area (Å²) in [5.41, 5.74) is 0. The molecule has 0 unspecified atom stereocenters. The second-order valence-electron chi connectivity index (χ2n) is 2.21. The number of benzene rings is 1. The molecule has 1 aromatic carbocycles. The molecule has 0 atom stereocenters. The molecule has 0 N–H and O–H groups in total. The molecule has 4 heteroatoms. The highest BCUT2D eigenvalue weighted by Gasteiger charge is 2.08. The van der Waals surface area contributed by atoms with Gasteiger partial charge in [0.15, 0.2) is 0 Å². The van der Waals surface area contributed by atoms with Crippen LogP contribution in [-0.2, 0) is 0 Å². The van der Waals surface area contributed by atoms with Crippen molar-refractivity contribution in [1.29, 1.82) is 0 Å². The second kappa shape index (κ2) is 3.47. The molecule has 0 saturated heterocycles. The first-order valence-corrected chi connectivity index (χ1v) is 4.47. The third-order valence-corrected chi connectivity index (χ3v) is 3.31. The molecule has 0 heterocycles. The first-order valence-electron chi connectivity index (χ1n) is 2.96. The first kappa shape index (κ1) is 10.2. The van der Waals surface area contributed by atoms with E-state index in [9.17, 15) is 0 Å². The topological polar surface area (TPSA) is 0 Å². The fraction of sp³-hybridized carbons (Fsp3) is 0. The summed E-state index contributed by atoms with van der Waals surface area (Å²) in [7, 11) is 0. The molecule has 0 aliphatic heterocycles. The lowest BCUT2D eigenvalue weighted by Crippen LogP contribution is -2.13. The van der Waals surface area contributed by atoms with E-state index in [1.165, 1.54) is 0 Å². The lowest BCUT2D eigenvalue weighted by atomic mass is 10.3. The Labute approximate surface area is 90.0 Å². The van der Waals surface area contributed by atoms with E-state index in [1.807, 2.05) is 0 Å². The van der Waals surface area contributed by atoms with E-state index in [4.69, 9.17) is 46.4 Å². The quantitative estimate of drug-likeness (QED) is 0.613. The highest BCUT2D eigenvalue weighted by atomic mass is 35.5. The maximum absolute atomic E-state index is 5.78. The standard InChI is InChI=1S/C8H4Cl4/c1-3-5(9)7(11)4(2)8(12)6(3)10/h1-2H2. The fourth-order valence-electron chi connectivity index (χ4n) is 0.723. The Morgan fingerprint density at radius 2 is 0.750 bits per heavy atom. The predicted octanol–water partition coefficient (Wildman–Crippen LogP) is 3.12. The Morgan fingerprint density at radius 3 is 0.917 bits per heavy atom. The maximum Gasteiger partial charge on any atom is 0.0680 e. The monoisotopic (exact) mass is 240 g/mol. The normalized spacial score (nSPS) is 10.3. The molecule has 0 amide bonds. The Bertz CT molecular complexity index is 346. The van der Waals surface area contributed by atoms with Crippen molar-refractivity contribution in [1.82, 2.24) is 0 Å². The Balaban J connectivity index is 3.86. The van der Waals surface area contributed by atoms with E-state index >= 15 is 0 Å². The molecule has 0 aliphatic carbocycles. The van der Waals surface area contributed by atoms with Gasteiger partial charge in [0.2, 0.25) is 0 Å². The van der Waals surface area contributed by atoms with Gasteiger partial charge in [-0.3, -0.25) is 0 Å². The SMILES string of the molecule is C=c1c(Cl)c(Cl)c(=C)c(Cl)c1Cl. The molecule has 1 aromatic rings. The minimum atomic E-state index is 0.302. The molecule has 64 valence electrons. The number of halogens is 4. The van der Waals surface area contributed by atoms with Crippen LogP contribution in [0.15, 0.2) is 0 Å². The highest BCUT2D eigenvalue weighted by Crippen LogP contribution is 2.21. The molecule has 0 nitrogen and oxygen atoms in total. The summed E-state index contributed by atoms with van der Waals surface area (Å²) in [6.45, 7) is 7.24. The third kappa shape index (κ3) is 1.45. The predicted molar refractivity (Wildman–Crippen MR) is 56.8 cm³/mol. The smallest absolute Gasteiger partial charge is 0.0680 e. The molecule has 0 bridgehead atoms. The summed E-state index contributed by atoms with van der Waals surface area (Å²) in [5.74, 6) is 0. The van der Waals surface area contributed by atoms with Gasteiger partial charge < -0.3 is 0 Å². The number of hydrogen-bond donors (Lipinski definition) is 0. The largest absolute Gasteiger partial charge is 0.0887 e. The second-order valence-corrected chi connectivity index (χ2v) is 3.72. The van der Waals surface area contributed by atoms with Gasteiger partial charge in [0.25, 0.3) is 0 Å². The van der Waals surface area contributed by atoms with E-state index in [0.29, 0.717) is 30.5 Å². The average Bonchev–Trinajstić information content (AvgIpc) is 2.08. The molecular weight excluding hydrogens is 238 g/mol. The van der Waals surface area contributed by atoms with Gasteiger partial charge in [0.05, 0.1) is 20.1 Å². The molecule has 0 aromatic heterocycles. The highest BCUT2D eigenvalue weighted by molar-refractivity contribution is 6.47. The van der Waals surface area contributed by atoms with Crippen molar-refractivity contribution in [3.63, 3.8) is 0 Å². The van der Waals surface area contributed by atoms with Crippen LogP contribution in [0.1, 0.15) is 0 Å². The van der Waals surface area contributed by atoms with E-state index in [2.05, 4.69) is 13.2 Å². The zero-order valence-electron chi connectivity index (χ0n) is 5.93. The summed E-state index contributed by atoms with van der Waals surface area (Å²) in [4.78, 5) is 0. The van der Waals surface area contributed by atoms with Gasteiger partial charge in [0.1, 0.15) is 0 Å². The first-order chi connectivity index (χ1) is 5.46. The van der Waals surface area contributed by atoms with Crippen molar-refractivity contribution in [2.24, 2.45) is 0 Å². The van der Waals surface area contributed by atoms with Crippen LogP contribution in [0.5, 0.6) is 0 Å². The zero-order chi connectivity index (χ0) is 9.46. The van der Waals surface area contributed by atoms with Crippen LogP contribution in [-0.4, -0.2) is 0 Å². The molecule has 0 aliphatic rings. The van der Waals surface area contributed by atoms with Gasteiger partial charge >= 0.3 is 0 Å². The third-order valence-electron chi connectivity index (χ3n) is 1.45. The van der Waals surface area contributed by atoms with Crippen LogP contribution in [0.4, 0.5) is 0 Å². The maximum atomic E-state index is 5.78.